The van der Waals surface area contributed by atoms with Crippen LogP contribution in [0.2, 0.25) is 0 Å². The van der Waals surface area contributed by atoms with Crippen LogP contribution in [-0.4, -0.2) is 54.0 Å². The molecule has 2 saturated heterocycles. The van der Waals surface area contributed by atoms with Crippen molar-refractivity contribution >= 4 is 11.8 Å². The molecule has 1 aromatic rings. The molecule has 0 aromatic carbocycles. The second-order valence-electron chi connectivity index (χ2n) is 6.47. The minimum absolute atomic E-state index is 0.200. The van der Waals surface area contributed by atoms with Crippen molar-refractivity contribution in [1.29, 1.82) is 0 Å². The van der Waals surface area contributed by atoms with Crippen LogP contribution >= 0.6 is 0 Å². The van der Waals surface area contributed by atoms with Crippen molar-refractivity contribution in [2.45, 2.75) is 31.8 Å². The van der Waals surface area contributed by atoms with Crippen molar-refractivity contribution in [2.75, 3.05) is 43.6 Å². The van der Waals surface area contributed by atoms with Gasteiger partial charge >= 0.3 is 0 Å². The highest BCUT2D eigenvalue weighted by Crippen LogP contribution is 2.39. The molecule has 0 radical (unpaired) electrons. The van der Waals surface area contributed by atoms with Gasteiger partial charge in [0.15, 0.2) is 0 Å². The van der Waals surface area contributed by atoms with E-state index in [9.17, 15) is 5.11 Å². The van der Waals surface area contributed by atoms with Crippen LogP contribution in [0.4, 0.5) is 11.8 Å². The number of ether oxygens (including phenoxy) is 1. The summed E-state index contributed by atoms with van der Waals surface area (Å²) in [6.45, 7) is 5.28. The van der Waals surface area contributed by atoms with E-state index in [0.717, 1.165) is 57.3 Å². The molecule has 2 aliphatic heterocycles. The van der Waals surface area contributed by atoms with Gasteiger partial charge in [0.25, 0.3) is 0 Å². The molecule has 3 rings (SSSR count). The van der Waals surface area contributed by atoms with Crippen molar-refractivity contribution in [3.63, 3.8) is 0 Å². The average molecular weight is 306 g/mol. The number of anilines is 2. The molecule has 0 saturated carbocycles. The molecule has 0 bridgehead atoms. The Bertz CT molecular complexity index is 507. The predicted octanol–water partition coefficient (Wildman–Crippen LogP) is 1.52. The molecule has 2 atom stereocenters. The Balaban J connectivity index is 1.71. The maximum Gasteiger partial charge on any atom is 0.227 e. The van der Waals surface area contributed by atoms with Crippen molar-refractivity contribution in [2.24, 2.45) is 11.8 Å². The van der Waals surface area contributed by atoms with Gasteiger partial charge in [-0.15, -0.1) is 0 Å². The van der Waals surface area contributed by atoms with E-state index in [4.69, 9.17) is 4.74 Å². The molecule has 0 amide bonds. The standard InChI is InChI=1S/C16H26N4O2/c1-12-11-20(15-18-7-3-14(17-2)19-15)8-6-16(12,21)13-4-9-22-10-5-13/h3,7,12-13,21H,4-6,8-11H2,1-2H3,(H,17,18,19)/t12-,16+/m1/s1. The molecule has 2 N–H and O–H groups in total. The Hall–Kier alpha value is -1.40. The monoisotopic (exact) mass is 306 g/mol. The van der Waals surface area contributed by atoms with Crippen molar-refractivity contribution in [3.05, 3.63) is 12.3 Å². The number of hydrogen-bond acceptors (Lipinski definition) is 6. The number of nitrogens with zero attached hydrogens (tertiary/aromatic N) is 3. The van der Waals surface area contributed by atoms with E-state index in [-0.39, 0.29) is 5.92 Å². The van der Waals surface area contributed by atoms with E-state index in [0.29, 0.717) is 5.92 Å². The first kappa shape index (κ1) is 15.5. The summed E-state index contributed by atoms with van der Waals surface area (Å²) in [5.41, 5.74) is -0.582. The first-order chi connectivity index (χ1) is 10.6. The van der Waals surface area contributed by atoms with E-state index >= 15 is 0 Å². The first-order valence-electron chi connectivity index (χ1n) is 8.19. The van der Waals surface area contributed by atoms with Gasteiger partial charge in [-0.2, -0.15) is 4.98 Å². The lowest BCUT2D eigenvalue weighted by Crippen LogP contribution is -2.56. The second kappa shape index (κ2) is 6.38. The molecule has 0 aliphatic carbocycles. The van der Waals surface area contributed by atoms with Crippen molar-refractivity contribution < 1.29 is 9.84 Å². The summed E-state index contributed by atoms with van der Waals surface area (Å²) in [4.78, 5) is 11.1. The van der Waals surface area contributed by atoms with Gasteiger partial charge in [0.1, 0.15) is 5.82 Å². The lowest BCUT2D eigenvalue weighted by Gasteiger charge is -2.48. The molecular weight excluding hydrogens is 280 g/mol. The lowest BCUT2D eigenvalue weighted by atomic mass is 9.70. The van der Waals surface area contributed by atoms with Crippen molar-refractivity contribution in [1.82, 2.24) is 9.97 Å². The highest BCUT2D eigenvalue weighted by molar-refractivity contribution is 5.41. The SMILES string of the molecule is CNc1ccnc(N2CC[C@@](O)(C3CCOCC3)[C@H](C)C2)n1. The average Bonchev–Trinajstić information content (AvgIpc) is 2.58. The van der Waals surface area contributed by atoms with Gasteiger partial charge in [-0.1, -0.05) is 6.92 Å². The van der Waals surface area contributed by atoms with Gasteiger partial charge in [0.2, 0.25) is 5.95 Å². The summed E-state index contributed by atoms with van der Waals surface area (Å²) >= 11 is 0. The molecule has 2 aliphatic rings. The zero-order valence-electron chi connectivity index (χ0n) is 13.5. The van der Waals surface area contributed by atoms with E-state index in [2.05, 4.69) is 27.1 Å². The van der Waals surface area contributed by atoms with Gasteiger partial charge in [0, 0.05) is 45.5 Å². The van der Waals surface area contributed by atoms with Crippen LogP contribution in [0, 0.1) is 11.8 Å². The number of aliphatic hydroxyl groups is 1. The van der Waals surface area contributed by atoms with Crippen LogP contribution in [0.3, 0.4) is 0 Å². The largest absolute Gasteiger partial charge is 0.389 e. The molecule has 0 spiro atoms. The summed E-state index contributed by atoms with van der Waals surface area (Å²) in [7, 11) is 1.86. The molecule has 1 aromatic heterocycles. The minimum Gasteiger partial charge on any atom is -0.389 e. The Morgan fingerprint density at radius 3 is 2.86 bits per heavy atom. The van der Waals surface area contributed by atoms with Gasteiger partial charge < -0.3 is 20.1 Å². The van der Waals surface area contributed by atoms with Crippen LogP contribution in [0.1, 0.15) is 26.2 Å². The van der Waals surface area contributed by atoms with Gasteiger partial charge in [-0.05, 0) is 31.2 Å². The minimum atomic E-state index is -0.582. The third-order valence-corrected chi connectivity index (χ3v) is 5.24. The summed E-state index contributed by atoms with van der Waals surface area (Å²) in [5.74, 6) is 2.12. The number of piperidine rings is 1. The fourth-order valence-electron chi connectivity index (χ4n) is 3.77. The molecule has 0 unspecified atom stereocenters. The van der Waals surface area contributed by atoms with Gasteiger partial charge in [-0.3, -0.25) is 0 Å². The highest BCUT2D eigenvalue weighted by atomic mass is 16.5. The Morgan fingerprint density at radius 1 is 1.41 bits per heavy atom. The van der Waals surface area contributed by atoms with Crippen molar-refractivity contribution in [3.8, 4) is 0 Å². The van der Waals surface area contributed by atoms with Crippen LogP contribution in [0.5, 0.6) is 0 Å². The van der Waals surface area contributed by atoms with E-state index in [1.165, 1.54) is 0 Å². The molecule has 22 heavy (non-hydrogen) atoms. The zero-order chi connectivity index (χ0) is 15.6. The Kier molecular flexibility index (Phi) is 4.49. The smallest absolute Gasteiger partial charge is 0.227 e. The van der Waals surface area contributed by atoms with E-state index in [1.54, 1.807) is 6.20 Å². The van der Waals surface area contributed by atoms with Crippen LogP contribution in [0.15, 0.2) is 12.3 Å². The number of aromatic nitrogens is 2. The molecule has 122 valence electrons. The normalized spacial score (nSPS) is 30.3. The fraction of sp³-hybridized carbons (Fsp3) is 0.750. The maximum atomic E-state index is 11.2. The third-order valence-electron chi connectivity index (χ3n) is 5.24. The van der Waals surface area contributed by atoms with Crippen LogP contribution in [-0.2, 0) is 4.74 Å². The number of hydrogen-bond donors (Lipinski definition) is 2. The molecule has 6 heteroatoms. The quantitative estimate of drug-likeness (QED) is 0.882. The van der Waals surface area contributed by atoms with E-state index < -0.39 is 5.60 Å². The maximum absolute atomic E-state index is 11.2. The zero-order valence-corrected chi connectivity index (χ0v) is 13.5. The molecule has 2 fully saturated rings. The summed E-state index contributed by atoms with van der Waals surface area (Å²) < 4.78 is 5.44. The molecule has 6 nitrogen and oxygen atoms in total. The van der Waals surface area contributed by atoms with Gasteiger partial charge in [-0.25, -0.2) is 4.98 Å². The summed E-state index contributed by atoms with van der Waals surface area (Å²) in [5, 5.41) is 14.2. The first-order valence-corrected chi connectivity index (χ1v) is 8.19. The Labute approximate surface area is 131 Å². The fourth-order valence-corrected chi connectivity index (χ4v) is 3.77. The van der Waals surface area contributed by atoms with E-state index in [1.807, 2.05) is 13.1 Å². The summed E-state index contributed by atoms with van der Waals surface area (Å²) in [6.07, 6.45) is 4.48. The highest BCUT2D eigenvalue weighted by Gasteiger charge is 2.45. The lowest BCUT2D eigenvalue weighted by molar-refractivity contribution is -0.108. The van der Waals surface area contributed by atoms with Gasteiger partial charge in [0.05, 0.1) is 5.60 Å². The number of nitrogens with one attached hydrogen (secondary N) is 1. The molecular formula is C16H26N4O2. The Morgan fingerprint density at radius 2 is 2.18 bits per heavy atom. The topological polar surface area (TPSA) is 70.5 Å². The second-order valence-corrected chi connectivity index (χ2v) is 6.47. The predicted molar refractivity (Wildman–Crippen MR) is 86.1 cm³/mol. The number of rotatable bonds is 3. The van der Waals surface area contributed by atoms with Crippen LogP contribution in [0.25, 0.3) is 0 Å². The molecule has 3 heterocycles. The summed E-state index contributed by atoms with van der Waals surface area (Å²) in [6, 6.07) is 1.86. The third kappa shape index (κ3) is 2.90. The van der Waals surface area contributed by atoms with Crippen LogP contribution < -0.4 is 10.2 Å².